The third kappa shape index (κ3) is 3.23. The first kappa shape index (κ1) is 25.7. The molecule has 0 aliphatic rings. The Hall–Kier alpha value is -6.30. The van der Waals surface area contributed by atoms with Crippen molar-refractivity contribution in [3.63, 3.8) is 0 Å². The van der Waals surface area contributed by atoms with Gasteiger partial charge in [0.05, 0.1) is 43.5 Å². The van der Waals surface area contributed by atoms with Gasteiger partial charge in [-0.25, -0.2) is 9.97 Å². The molecular formula is C44H24N4S. The van der Waals surface area contributed by atoms with E-state index < -0.39 is 0 Å². The third-order valence-electron chi connectivity index (χ3n) is 10.4. The summed E-state index contributed by atoms with van der Waals surface area (Å²) < 4.78 is 7.17. The molecule has 5 heterocycles. The summed E-state index contributed by atoms with van der Waals surface area (Å²) in [5, 5.41) is 11.1. The van der Waals surface area contributed by atoms with Gasteiger partial charge >= 0.3 is 0 Å². The van der Waals surface area contributed by atoms with Gasteiger partial charge in [0.15, 0.2) is 0 Å². The van der Waals surface area contributed by atoms with Crippen LogP contribution in [-0.2, 0) is 0 Å². The topological polar surface area (TPSA) is 35.1 Å². The van der Waals surface area contributed by atoms with Crippen LogP contribution >= 0.6 is 11.3 Å². The number of fused-ring (bicyclic) bond motifs is 15. The largest absolute Gasteiger partial charge is 0.307 e. The molecule has 0 aliphatic carbocycles. The fraction of sp³-hybridized carbons (Fsp3) is 0. The van der Waals surface area contributed by atoms with E-state index in [1.165, 1.54) is 64.3 Å². The van der Waals surface area contributed by atoms with Crippen LogP contribution in [-0.4, -0.2) is 18.9 Å². The van der Waals surface area contributed by atoms with Gasteiger partial charge in [-0.2, -0.15) is 0 Å². The van der Waals surface area contributed by atoms with Crippen LogP contribution < -0.4 is 0 Å². The van der Waals surface area contributed by atoms with Gasteiger partial charge in [-0.15, -0.1) is 11.3 Å². The van der Waals surface area contributed by atoms with Crippen LogP contribution in [0.2, 0.25) is 0 Å². The monoisotopic (exact) mass is 640 g/mol. The first-order valence-electron chi connectivity index (χ1n) is 16.6. The summed E-state index contributed by atoms with van der Waals surface area (Å²) in [6, 6.07) is 52.5. The van der Waals surface area contributed by atoms with Crippen molar-refractivity contribution in [3.8, 4) is 17.2 Å². The zero-order valence-electron chi connectivity index (χ0n) is 26.1. The minimum Gasteiger partial charge on any atom is -0.307 e. The Bertz CT molecular complexity index is 3330. The number of hydrogen-bond donors (Lipinski definition) is 0. The average Bonchev–Trinajstić information content (AvgIpc) is 3.90. The van der Waals surface area contributed by atoms with Crippen LogP contribution in [0.25, 0.3) is 108 Å². The third-order valence-corrected chi connectivity index (χ3v) is 11.6. The van der Waals surface area contributed by atoms with Gasteiger partial charge in [0.1, 0.15) is 0 Å². The Morgan fingerprint density at radius 2 is 1.14 bits per heavy atom. The van der Waals surface area contributed by atoms with Crippen molar-refractivity contribution in [1.29, 1.82) is 0 Å². The summed E-state index contributed by atoms with van der Waals surface area (Å²) in [7, 11) is 0. The van der Waals surface area contributed by atoms with E-state index in [4.69, 9.17) is 9.97 Å². The Balaban J connectivity index is 1.35. The van der Waals surface area contributed by atoms with Gasteiger partial charge in [0.25, 0.3) is 0 Å². The average molecular weight is 641 g/mol. The molecule has 0 fully saturated rings. The summed E-state index contributed by atoms with van der Waals surface area (Å²) in [4.78, 5) is 11.0. The molecule has 0 bridgehead atoms. The molecular weight excluding hydrogens is 617 g/mol. The number of hydrogen-bond acceptors (Lipinski definition) is 3. The molecule has 49 heavy (non-hydrogen) atoms. The molecule has 0 spiro atoms. The highest BCUT2D eigenvalue weighted by atomic mass is 32.1. The second-order valence-corrected chi connectivity index (χ2v) is 14.0. The van der Waals surface area contributed by atoms with Gasteiger partial charge in [-0.05, 0) is 29.7 Å². The molecule has 0 unspecified atom stereocenters. The van der Waals surface area contributed by atoms with Crippen molar-refractivity contribution >= 4 is 102 Å². The van der Waals surface area contributed by atoms with Crippen LogP contribution in [0.3, 0.4) is 0 Å². The molecule has 4 nitrogen and oxygen atoms in total. The number of nitrogens with zero attached hydrogens (tertiary/aromatic N) is 4. The molecule has 0 N–H and O–H groups in total. The summed E-state index contributed by atoms with van der Waals surface area (Å²) in [5.74, 6) is 0.689. The van der Waals surface area contributed by atoms with E-state index in [9.17, 15) is 0 Å². The van der Waals surface area contributed by atoms with E-state index in [1.54, 1.807) is 11.3 Å². The number of aromatic nitrogens is 4. The molecule has 7 aromatic carbocycles. The summed E-state index contributed by atoms with van der Waals surface area (Å²) >= 11 is 1.77. The summed E-state index contributed by atoms with van der Waals surface area (Å²) in [6.07, 6.45) is 0. The lowest BCUT2D eigenvalue weighted by atomic mass is 10.0. The Kier molecular flexibility index (Phi) is 4.83. The molecule has 0 atom stereocenters. The normalized spacial score (nSPS) is 12.5. The second kappa shape index (κ2) is 9.19. The van der Waals surface area contributed by atoms with Gasteiger partial charge < -0.3 is 4.40 Å². The summed E-state index contributed by atoms with van der Waals surface area (Å²) in [5.41, 5.74) is 9.01. The van der Waals surface area contributed by atoms with Crippen molar-refractivity contribution in [1.82, 2.24) is 18.9 Å². The molecule has 5 aromatic heterocycles. The van der Waals surface area contributed by atoms with Gasteiger partial charge in [0.2, 0.25) is 5.95 Å². The van der Waals surface area contributed by atoms with Gasteiger partial charge in [0, 0.05) is 53.4 Å². The van der Waals surface area contributed by atoms with Crippen molar-refractivity contribution in [2.24, 2.45) is 0 Å². The minimum atomic E-state index is 0.689. The maximum absolute atomic E-state index is 5.49. The van der Waals surface area contributed by atoms with Crippen LogP contribution in [0.4, 0.5) is 0 Å². The van der Waals surface area contributed by atoms with Crippen LogP contribution in [0.5, 0.6) is 0 Å². The second-order valence-electron chi connectivity index (χ2n) is 12.9. The fourth-order valence-corrected chi connectivity index (χ4v) is 9.59. The highest BCUT2D eigenvalue weighted by Gasteiger charge is 2.26. The number of rotatable bonds is 2. The van der Waals surface area contributed by atoms with Crippen molar-refractivity contribution in [2.45, 2.75) is 0 Å². The maximum Gasteiger partial charge on any atom is 0.235 e. The lowest BCUT2D eigenvalue weighted by molar-refractivity contribution is 1.02. The Morgan fingerprint density at radius 1 is 0.469 bits per heavy atom. The van der Waals surface area contributed by atoms with Crippen LogP contribution in [0.1, 0.15) is 0 Å². The SMILES string of the molecule is c1ccc(-c2nc(-n3c4ccccc4c4cc5c6ccccc6n6c7c8ccccc8ccc7c(c43)c56)nc3c2sc2ccccc23)cc1. The molecule has 0 radical (unpaired) electrons. The van der Waals surface area contributed by atoms with Crippen molar-refractivity contribution in [2.75, 3.05) is 0 Å². The highest BCUT2D eigenvalue weighted by Crippen LogP contribution is 2.48. The summed E-state index contributed by atoms with van der Waals surface area (Å²) in [6.45, 7) is 0. The lowest BCUT2D eigenvalue weighted by Crippen LogP contribution is -2.03. The van der Waals surface area contributed by atoms with E-state index >= 15 is 0 Å². The van der Waals surface area contributed by atoms with E-state index in [-0.39, 0.29) is 0 Å². The zero-order valence-corrected chi connectivity index (χ0v) is 26.9. The Labute approximate surface area is 283 Å². The fourth-order valence-electron chi connectivity index (χ4n) is 8.44. The molecule has 5 heteroatoms. The highest BCUT2D eigenvalue weighted by molar-refractivity contribution is 7.26. The van der Waals surface area contributed by atoms with Crippen molar-refractivity contribution in [3.05, 3.63) is 146 Å². The predicted octanol–water partition coefficient (Wildman–Crippen LogP) is 11.9. The molecule has 0 saturated heterocycles. The number of para-hydroxylation sites is 2. The van der Waals surface area contributed by atoms with Crippen LogP contribution in [0.15, 0.2) is 146 Å². The van der Waals surface area contributed by atoms with E-state index in [0.717, 1.165) is 37.9 Å². The van der Waals surface area contributed by atoms with E-state index in [2.05, 4.69) is 155 Å². The first-order valence-corrected chi connectivity index (χ1v) is 17.4. The van der Waals surface area contributed by atoms with Crippen molar-refractivity contribution < 1.29 is 0 Å². The molecule has 12 aromatic rings. The standard InChI is InChI=1S/C44H24N4S/c1-2-13-26(14-3-1)38-43-39(30-18-8-11-21-36(30)49-43)46-44(45-38)48-35-20-10-7-17-29(35)33-24-32-28-16-6-9-19-34(28)47-40-27-15-5-4-12-25(27)22-23-31(40)37(41(32)47)42(33)48/h1-24H. The number of benzene rings is 7. The van der Waals surface area contributed by atoms with E-state index in [0.29, 0.717) is 5.95 Å². The first-order chi connectivity index (χ1) is 24.3. The molecule has 12 rings (SSSR count). The molecule has 0 amide bonds. The predicted molar refractivity (Wildman–Crippen MR) is 207 cm³/mol. The molecule has 226 valence electrons. The van der Waals surface area contributed by atoms with Gasteiger partial charge in [-0.1, -0.05) is 121 Å². The lowest BCUT2D eigenvalue weighted by Gasteiger charge is -2.11. The van der Waals surface area contributed by atoms with Crippen LogP contribution in [0, 0.1) is 0 Å². The Morgan fingerprint density at radius 3 is 2.00 bits per heavy atom. The maximum atomic E-state index is 5.49. The molecule has 0 saturated carbocycles. The molecule has 0 aliphatic heterocycles. The van der Waals surface area contributed by atoms with E-state index in [1.807, 2.05) is 0 Å². The minimum absolute atomic E-state index is 0.689. The number of thiophene rings is 1. The quantitative estimate of drug-likeness (QED) is 0.188. The smallest absolute Gasteiger partial charge is 0.235 e. The van der Waals surface area contributed by atoms with Gasteiger partial charge in [-0.3, -0.25) is 4.57 Å². The zero-order chi connectivity index (χ0) is 31.8.